The Labute approximate surface area is 159 Å². The highest BCUT2D eigenvalue weighted by Gasteiger charge is 2.25. The lowest BCUT2D eigenvalue weighted by atomic mass is 9.93. The van der Waals surface area contributed by atoms with Crippen LogP contribution in [-0.4, -0.2) is 42.9 Å². The zero-order valence-electron chi connectivity index (χ0n) is 15.4. The van der Waals surface area contributed by atoms with Gasteiger partial charge in [0.15, 0.2) is 5.82 Å². The normalized spacial score (nSPS) is 17.6. The van der Waals surface area contributed by atoms with E-state index in [4.69, 9.17) is 0 Å². The van der Waals surface area contributed by atoms with Crippen molar-refractivity contribution < 1.29 is 0 Å². The predicted octanol–water partition coefficient (Wildman–Crippen LogP) is 3.09. The Hall–Kier alpha value is -2.93. The SMILES string of the molecule is Cc1cnccc1CN1CCC[C@@H](c2nccnc2Nc2cnccn2)C1. The monoisotopic (exact) mass is 361 g/mol. The molecule has 0 saturated carbocycles. The fraction of sp³-hybridized carbons (Fsp3) is 0.350. The minimum absolute atomic E-state index is 0.341. The van der Waals surface area contributed by atoms with Gasteiger partial charge >= 0.3 is 0 Å². The van der Waals surface area contributed by atoms with Gasteiger partial charge in [0.05, 0.1) is 11.9 Å². The van der Waals surface area contributed by atoms with E-state index in [0.717, 1.165) is 44.0 Å². The first kappa shape index (κ1) is 17.5. The number of nitrogens with one attached hydrogen (secondary N) is 1. The Bertz CT molecular complexity index is 884. The van der Waals surface area contributed by atoms with Crippen molar-refractivity contribution in [2.24, 2.45) is 0 Å². The number of pyridine rings is 1. The van der Waals surface area contributed by atoms with Crippen LogP contribution in [0.25, 0.3) is 0 Å². The van der Waals surface area contributed by atoms with Crippen LogP contribution in [0.1, 0.15) is 35.6 Å². The molecule has 1 N–H and O–H groups in total. The zero-order chi connectivity index (χ0) is 18.5. The van der Waals surface area contributed by atoms with E-state index < -0.39 is 0 Å². The van der Waals surface area contributed by atoms with Gasteiger partial charge in [-0.15, -0.1) is 0 Å². The number of piperidine rings is 1. The summed E-state index contributed by atoms with van der Waals surface area (Å²) in [4.78, 5) is 24.2. The summed E-state index contributed by atoms with van der Waals surface area (Å²) in [6.07, 6.45) is 14.6. The smallest absolute Gasteiger partial charge is 0.153 e. The molecule has 27 heavy (non-hydrogen) atoms. The fourth-order valence-electron chi connectivity index (χ4n) is 3.57. The van der Waals surface area contributed by atoms with Gasteiger partial charge in [-0.05, 0) is 43.5 Å². The molecule has 1 aliphatic heterocycles. The Kier molecular flexibility index (Phi) is 5.29. The number of hydrogen-bond donors (Lipinski definition) is 1. The van der Waals surface area contributed by atoms with Crippen LogP contribution < -0.4 is 5.32 Å². The van der Waals surface area contributed by atoms with Crippen molar-refractivity contribution in [2.45, 2.75) is 32.2 Å². The summed E-state index contributed by atoms with van der Waals surface area (Å²) >= 11 is 0. The molecule has 1 fully saturated rings. The molecule has 7 nitrogen and oxygen atoms in total. The highest BCUT2D eigenvalue weighted by Crippen LogP contribution is 2.31. The van der Waals surface area contributed by atoms with E-state index in [-0.39, 0.29) is 0 Å². The van der Waals surface area contributed by atoms with Crippen molar-refractivity contribution in [3.05, 3.63) is 66.3 Å². The third kappa shape index (κ3) is 4.25. The zero-order valence-corrected chi connectivity index (χ0v) is 15.4. The Morgan fingerprint density at radius 2 is 1.89 bits per heavy atom. The maximum absolute atomic E-state index is 4.65. The van der Waals surface area contributed by atoms with Gasteiger partial charge in [-0.1, -0.05) is 0 Å². The number of aryl methyl sites for hydroxylation is 1. The van der Waals surface area contributed by atoms with Crippen molar-refractivity contribution >= 4 is 11.6 Å². The molecule has 7 heteroatoms. The molecule has 4 rings (SSSR count). The molecule has 0 unspecified atom stereocenters. The second-order valence-corrected chi connectivity index (χ2v) is 6.88. The maximum atomic E-state index is 4.65. The van der Waals surface area contributed by atoms with Crippen molar-refractivity contribution in [3.63, 3.8) is 0 Å². The molecule has 0 amide bonds. The van der Waals surface area contributed by atoms with E-state index in [1.54, 1.807) is 31.0 Å². The molecule has 3 aromatic rings. The van der Waals surface area contributed by atoms with Crippen LogP contribution in [0.15, 0.2) is 49.4 Å². The molecule has 1 saturated heterocycles. The summed E-state index contributed by atoms with van der Waals surface area (Å²) in [7, 11) is 0. The van der Waals surface area contributed by atoms with E-state index in [2.05, 4.69) is 48.1 Å². The molecular formula is C20H23N7. The van der Waals surface area contributed by atoms with Gasteiger partial charge in [-0.25, -0.2) is 9.97 Å². The molecule has 138 valence electrons. The number of likely N-dealkylation sites (tertiary alicyclic amines) is 1. The molecule has 0 radical (unpaired) electrons. The minimum Gasteiger partial charge on any atom is -0.322 e. The number of aromatic nitrogens is 5. The summed E-state index contributed by atoms with van der Waals surface area (Å²) < 4.78 is 0. The maximum Gasteiger partial charge on any atom is 0.153 e. The number of anilines is 2. The van der Waals surface area contributed by atoms with E-state index in [1.807, 2.05) is 12.4 Å². The summed E-state index contributed by atoms with van der Waals surface area (Å²) in [5.74, 6) is 1.79. The fourth-order valence-corrected chi connectivity index (χ4v) is 3.57. The molecular weight excluding hydrogens is 338 g/mol. The number of rotatable bonds is 5. The molecule has 0 aliphatic carbocycles. The largest absolute Gasteiger partial charge is 0.322 e. The predicted molar refractivity (Wildman–Crippen MR) is 104 cm³/mol. The van der Waals surface area contributed by atoms with E-state index >= 15 is 0 Å². The van der Waals surface area contributed by atoms with Crippen molar-refractivity contribution in [1.82, 2.24) is 29.8 Å². The van der Waals surface area contributed by atoms with E-state index in [9.17, 15) is 0 Å². The van der Waals surface area contributed by atoms with Gasteiger partial charge in [-0.2, -0.15) is 0 Å². The lowest BCUT2D eigenvalue weighted by Gasteiger charge is -2.33. The molecule has 0 spiro atoms. The first-order chi connectivity index (χ1) is 13.3. The van der Waals surface area contributed by atoms with Gasteiger partial charge in [0.1, 0.15) is 5.82 Å². The van der Waals surface area contributed by atoms with Crippen molar-refractivity contribution in [1.29, 1.82) is 0 Å². The Morgan fingerprint density at radius 1 is 1.04 bits per heavy atom. The standard InChI is InChI=1S/C20H23N7/c1-15-11-21-5-4-16(15)13-27-10-2-3-17(14-27)19-20(25-9-8-24-19)26-18-12-22-6-7-23-18/h4-9,11-12,17H,2-3,10,13-14H2,1H3,(H,23,25,26)/t17-/m1/s1. The first-order valence-electron chi connectivity index (χ1n) is 9.25. The van der Waals surface area contributed by atoms with Crippen LogP contribution in [0.2, 0.25) is 0 Å². The van der Waals surface area contributed by atoms with Gasteiger partial charge in [0, 0.05) is 56.2 Å². The first-order valence-corrected chi connectivity index (χ1v) is 9.25. The third-order valence-corrected chi connectivity index (χ3v) is 4.96. The van der Waals surface area contributed by atoms with Crippen LogP contribution in [0, 0.1) is 6.92 Å². The van der Waals surface area contributed by atoms with Crippen molar-refractivity contribution in [2.75, 3.05) is 18.4 Å². The number of nitrogens with zero attached hydrogens (tertiary/aromatic N) is 6. The molecule has 1 aliphatic rings. The van der Waals surface area contributed by atoms with Gasteiger partial charge in [0.2, 0.25) is 0 Å². The average Bonchev–Trinajstić information content (AvgIpc) is 2.71. The summed E-state index contributed by atoms with van der Waals surface area (Å²) in [6.45, 7) is 5.13. The van der Waals surface area contributed by atoms with Crippen LogP contribution in [0.3, 0.4) is 0 Å². The Morgan fingerprint density at radius 3 is 2.74 bits per heavy atom. The van der Waals surface area contributed by atoms with Crippen LogP contribution in [-0.2, 0) is 6.54 Å². The van der Waals surface area contributed by atoms with Crippen LogP contribution in [0.5, 0.6) is 0 Å². The van der Waals surface area contributed by atoms with E-state index in [0.29, 0.717) is 11.7 Å². The second kappa shape index (κ2) is 8.18. The minimum atomic E-state index is 0.341. The van der Waals surface area contributed by atoms with Crippen molar-refractivity contribution in [3.8, 4) is 0 Å². The highest BCUT2D eigenvalue weighted by atomic mass is 15.1. The van der Waals surface area contributed by atoms with Crippen LogP contribution >= 0.6 is 0 Å². The molecule has 1 atom stereocenters. The average molecular weight is 361 g/mol. The Balaban J connectivity index is 1.51. The summed E-state index contributed by atoms with van der Waals surface area (Å²) in [5.41, 5.74) is 3.58. The topological polar surface area (TPSA) is 79.7 Å². The third-order valence-electron chi connectivity index (χ3n) is 4.96. The van der Waals surface area contributed by atoms with Gasteiger partial charge in [-0.3, -0.25) is 19.9 Å². The van der Waals surface area contributed by atoms with Gasteiger partial charge in [0.25, 0.3) is 0 Å². The second-order valence-electron chi connectivity index (χ2n) is 6.88. The van der Waals surface area contributed by atoms with E-state index in [1.165, 1.54) is 11.1 Å². The molecule has 4 heterocycles. The molecule has 3 aromatic heterocycles. The quantitative estimate of drug-likeness (QED) is 0.748. The summed E-state index contributed by atoms with van der Waals surface area (Å²) in [6, 6.07) is 2.11. The number of hydrogen-bond acceptors (Lipinski definition) is 7. The van der Waals surface area contributed by atoms with Crippen LogP contribution in [0.4, 0.5) is 11.6 Å². The lowest BCUT2D eigenvalue weighted by molar-refractivity contribution is 0.198. The van der Waals surface area contributed by atoms with Gasteiger partial charge < -0.3 is 5.32 Å². The summed E-state index contributed by atoms with van der Waals surface area (Å²) in [5, 5.41) is 3.27. The highest BCUT2D eigenvalue weighted by molar-refractivity contribution is 5.53. The lowest BCUT2D eigenvalue weighted by Crippen LogP contribution is -2.34. The molecule has 0 aromatic carbocycles. The molecule has 0 bridgehead atoms.